The molecule has 1 aromatic rings. The highest BCUT2D eigenvalue weighted by Gasteiger charge is 2.00. The summed E-state index contributed by atoms with van der Waals surface area (Å²) in [7, 11) is 0. The molecule has 0 aliphatic heterocycles. The molecule has 1 aromatic heterocycles. The van der Waals surface area contributed by atoms with Gasteiger partial charge < -0.3 is 5.73 Å². The van der Waals surface area contributed by atoms with Gasteiger partial charge in [0.1, 0.15) is 0 Å². The Morgan fingerprint density at radius 3 is 2.67 bits per heavy atom. The van der Waals surface area contributed by atoms with Crippen LogP contribution < -0.4 is 5.73 Å². The largest absolute Gasteiger partial charge is 0.325 e. The van der Waals surface area contributed by atoms with Crippen LogP contribution in [0.2, 0.25) is 0 Å². The first kappa shape index (κ1) is 10.4. The fourth-order valence-electron chi connectivity index (χ4n) is 0.692. The predicted molar refractivity (Wildman–Crippen MR) is 62.4 cm³/mol. The lowest BCUT2D eigenvalue weighted by Crippen LogP contribution is -2.09. The van der Waals surface area contributed by atoms with Crippen molar-refractivity contribution in [3.63, 3.8) is 0 Å². The Kier molecular flexibility index (Phi) is 3.96. The molecule has 0 amide bonds. The van der Waals surface area contributed by atoms with Gasteiger partial charge in [0, 0.05) is 15.4 Å². The molecule has 1 nitrogen and oxygen atoms in total. The minimum Gasteiger partial charge on any atom is -0.325 e. The van der Waals surface area contributed by atoms with Gasteiger partial charge >= 0.3 is 0 Å². The van der Waals surface area contributed by atoms with Crippen LogP contribution >= 0.6 is 43.2 Å². The van der Waals surface area contributed by atoms with Crippen LogP contribution in [0.1, 0.15) is 11.8 Å². The molecule has 12 heavy (non-hydrogen) atoms. The summed E-state index contributed by atoms with van der Waals surface area (Å²) in [5, 5.41) is 0. The molecule has 0 aliphatic rings. The predicted octanol–water partition coefficient (Wildman–Crippen LogP) is 3.63. The maximum atomic E-state index is 5.58. The third-order valence-electron chi connectivity index (χ3n) is 1.23. The first-order valence-electron chi connectivity index (χ1n) is 3.48. The number of halogens is 2. The zero-order valence-electron chi connectivity index (χ0n) is 6.55. The van der Waals surface area contributed by atoms with Crippen LogP contribution in [0.5, 0.6) is 0 Å². The molecule has 0 saturated carbocycles. The van der Waals surface area contributed by atoms with Gasteiger partial charge in [-0.05, 0) is 50.9 Å². The topological polar surface area (TPSA) is 26.0 Å². The molecule has 1 unspecified atom stereocenters. The molecule has 4 heteroatoms. The molecule has 1 atom stereocenters. The van der Waals surface area contributed by atoms with Gasteiger partial charge in [0.05, 0.1) is 3.79 Å². The highest BCUT2D eigenvalue weighted by atomic mass is 79.9. The first-order chi connectivity index (χ1) is 5.59. The lowest BCUT2D eigenvalue weighted by atomic mass is 10.3. The fraction of sp³-hybridized carbons (Fsp3) is 0.250. The standard InChI is InChI=1S/C8H9Br2NS/c1-5(11)2-3-6-4-7(9)8(10)12-6/h2-5H,11H2,1H3/b3-2+. The zero-order chi connectivity index (χ0) is 9.14. The van der Waals surface area contributed by atoms with Crippen LogP contribution in [-0.4, -0.2) is 6.04 Å². The Morgan fingerprint density at radius 1 is 1.58 bits per heavy atom. The number of rotatable bonds is 2. The molecule has 0 bridgehead atoms. The van der Waals surface area contributed by atoms with E-state index in [0.29, 0.717) is 0 Å². The molecule has 0 saturated heterocycles. The molecule has 66 valence electrons. The van der Waals surface area contributed by atoms with Gasteiger partial charge in [-0.25, -0.2) is 0 Å². The SMILES string of the molecule is CC(N)/C=C/c1cc(Br)c(Br)s1. The van der Waals surface area contributed by atoms with E-state index in [1.807, 2.05) is 19.1 Å². The molecular weight excluding hydrogens is 302 g/mol. The molecule has 1 rings (SSSR count). The summed E-state index contributed by atoms with van der Waals surface area (Å²) in [6.45, 7) is 1.95. The van der Waals surface area contributed by atoms with Crippen LogP contribution in [0.4, 0.5) is 0 Å². The molecule has 1 heterocycles. The Labute approximate surface area is 92.9 Å². The smallest absolute Gasteiger partial charge is 0.0846 e. The molecule has 0 fully saturated rings. The van der Waals surface area contributed by atoms with Crippen molar-refractivity contribution < 1.29 is 0 Å². The Hall–Kier alpha value is 0.360. The van der Waals surface area contributed by atoms with E-state index in [2.05, 4.69) is 37.9 Å². The Bertz CT molecular complexity index is 272. The van der Waals surface area contributed by atoms with E-state index in [9.17, 15) is 0 Å². The molecule has 0 aliphatic carbocycles. The highest BCUT2D eigenvalue weighted by molar-refractivity contribution is 9.13. The maximum Gasteiger partial charge on any atom is 0.0846 e. The molecule has 0 spiro atoms. The minimum atomic E-state index is 0.115. The highest BCUT2D eigenvalue weighted by Crippen LogP contribution is 2.32. The van der Waals surface area contributed by atoms with Crippen molar-refractivity contribution in [2.24, 2.45) is 5.73 Å². The van der Waals surface area contributed by atoms with Crippen molar-refractivity contribution in [2.45, 2.75) is 13.0 Å². The Balaban J connectivity index is 2.77. The van der Waals surface area contributed by atoms with Crippen molar-refractivity contribution in [2.75, 3.05) is 0 Å². The lowest BCUT2D eigenvalue weighted by molar-refractivity contribution is 0.931. The van der Waals surface area contributed by atoms with Gasteiger partial charge in [-0.3, -0.25) is 0 Å². The van der Waals surface area contributed by atoms with Crippen LogP contribution in [0.3, 0.4) is 0 Å². The van der Waals surface area contributed by atoms with Crippen molar-refractivity contribution in [1.82, 2.24) is 0 Å². The normalized spacial score (nSPS) is 14.0. The second-order valence-electron chi connectivity index (χ2n) is 2.49. The quantitative estimate of drug-likeness (QED) is 0.887. The average molecular weight is 311 g/mol. The van der Waals surface area contributed by atoms with Gasteiger partial charge in [-0.2, -0.15) is 0 Å². The Morgan fingerprint density at radius 2 is 2.25 bits per heavy atom. The summed E-state index contributed by atoms with van der Waals surface area (Å²) in [5.41, 5.74) is 5.58. The fourth-order valence-corrected chi connectivity index (χ4v) is 2.69. The maximum absolute atomic E-state index is 5.58. The van der Waals surface area contributed by atoms with E-state index in [1.54, 1.807) is 11.3 Å². The van der Waals surface area contributed by atoms with E-state index in [1.165, 1.54) is 4.88 Å². The minimum absolute atomic E-state index is 0.115. The van der Waals surface area contributed by atoms with Crippen LogP contribution in [0.25, 0.3) is 6.08 Å². The number of nitrogens with two attached hydrogens (primary N) is 1. The lowest BCUT2D eigenvalue weighted by Gasteiger charge is -1.91. The third-order valence-corrected chi connectivity index (χ3v) is 4.45. The van der Waals surface area contributed by atoms with E-state index in [0.717, 1.165) is 8.26 Å². The van der Waals surface area contributed by atoms with Gasteiger partial charge in [-0.1, -0.05) is 6.08 Å². The average Bonchev–Trinajstić information content (AvgIpc) is 2.28. The summed E-state index contributed by atoms with van der Waals surface area (Å²) in [6.07, 6.45) is 4.01. The van der Waals surface area contributed by atoms with E-state index in [-0.39, 0.29) is 6.04 Å². The second-order valence-corrected chi connectivity index (χ2v) is 5.74. The van der Waals surface area contributed by atoms with Crippen molar-refractivity contribution in [3.8, 4) is 0 Å². The summed E-state index contributed by atoms with van der Waals surface area (Å²) in [4.78, 5) is 1.20. The van der Waals surface area contributed by atoms with Crippen molar-refractivity contribution in [3.05, 3.63) is 25.3 Å². The molecule has 2 N–H and O–H groups in total. The van der Waals surface area contributed by atoms with Gasteiger partial charge in [0.2, 0.25) is 0 Å². The summed E-state index contributed by atoms with van der Waals surface area (Å²) in [6, 6.07) is 2.18. The van der Waals surface area contributed by atoms with Gasteiger partial charge in [0.15, 0.2) is 0 Å². The van der Waals surface area contributed by atoms with E-state index >= 15 is 0 Å². The molecular formula is C8H9Br2NS. The monoisotopic (exact) mass is 309 g/mol. The van der Waals surface area contributed by atoms with Crippen LogP contribution in [0.15, 0.2) is 20.4 Å². The number of hydrogen-bond acceptors (Lipinski definition) is 2. The van der Waals surface area contributed by atoms with Crippen LogP contribution in [0, 0.1) is 0 Å². The summed E-state index contributed by atoms with van der Waals surface area (Å²) >= 11 is 8.53. The first-order valence-corrected chi connectivity index (χ1v) is 5.88. The number of hydrogen-bond donors (Lipinski definition) is 1. The van der Waals surface area contributed by atoms with Crippen molar-refractivity contribution >= 4 is 49.3 Å². The molecule has 0 radical (unpaired) electrons. The van der Waals surface area contributed by atoms with E-state index in [4.69, 9.17) is 5.73 Å². The van der Waals surface area contributed by atoms with Crippen molar-refractivity contribution in [1.29, 1.82) is 0 Å². The third kappa shape index (κ3) is 3.01. The second kappa shape index (κ2) is 4.56. The molecule has 0 aromatic carbocycles. The number of thiophene rings is 1. The van der Waals surface area contributed by atoms with E-state index < -0.39 is 0 Å². The van der Waals surface area contributed by atoms with Gasteiger partial charge in [0.25, 0.3) is 0 Å². The van der Waals surface area contributed by atoms with Crippen LogP contribution in [-0.2, 0) is 0 Å². The van der Waals surface area contributed by atoms with Gasteiger partial charge in [-0.15, -0.1) is 11.3 Å². The summed E-state index contributed by atoms with van der Waals surface area (Å²) in [5.74, 6) is 0. The summed E-state index contributed by atoms with van der Waals surface area (Å²) < 4.78 is 2.21. The zero-order valence-corrected chi connectivity index (χ0v) is 10.5.